The molecule has 1 heterocycles. The van der Waals surface area contributed by atoms with E-state index in [1.165, 1.54) is 0 Å². The molecule has 7 heteroatoms. The summed E-state index contributed by atoms with van der Waals surface area (Å²) in [6.07, 6.45) is 0.720. The van der Waals surface area contributed by atoms with Crippen molar-refractivity contribution < 1.29 is 9.53 Å². The van der Waals surface area contributed by atoms with E-state index in [1.54, 1.807) is 4.57 Å². The SMILES string of the molecule is C[Si](C)(C)CCOCn1c(C=O)nc(Br)c1Br. The van der Waals surface area contributed by atoms with Crippen LogP contribution in [0.2, 0.25) is 25.7 Å². The van der Waals surface area contributed by atoms with Crippen molar-refractivity contribution >= 4 is 46.2 Å². The summed E-state index contributed by atoms with van der Waals surface area (Å²) in [6.45, 7) is 7.97. The van der Waals surface area contributed by atoms with Crippen LogP contribution in [0.5, 0.6) is 0 Å². The van der Waals surface area contributed by atoms with Crippen LogP contribution in [0.1, 0.15) is 10.6 Å². The third-order valence-corrected chi connectivity index (χ3v) is 5.81. The Balaban J connectivity index is 2.55. The molecule has 0 saturated heterocycles. The van der Waals surface area contributed by atoms with Crippen molar-refractivity contribution in [2.24, 2.45) is 0 Å². The number of carbonyl (C=O) groups is 1. The maximum Gasteiger partial charge on any atom is 0.185 e. The van der Waals surface area contributed by atoms with Gasteiger partial charge in [0, 0.05) is 14.7 Å². The van der Waals surface area contributed by atoms with Gasteiger partial charge in [0.05, 0.1) is 0 Å². The molecule has 0 bridgehead atoms. The van der Waals surface area contributed by atoms with Gasteiger partial charge in [-0.05, 0) is 37.9 Å². The first-order valence-corrected chi connectivity index (χ1v) is 10.6. The molecule has 0 fully saturated rings. The van der Waals surface area contributed by atoms with Crippen molar-refractivity contribution in [2.45, 2.75) is 32.4 Å². The van der Waals surface area contributed by atoms with Gasteiger partial charge in [0.1, 0.15) is 15.9 Å². The zero-order valence-corrected chi connectivity index (χ0v) is 14.3. The zero-order valence-electron chi connectivity index (χ0n) is 10.2. The van der Waals surface area contributed by atoms with Gasteiger partial charge in [-0.1, -0.05) is 19.6 Å². The molecule has 0 amide bonds. The molecular formula is C10H16Br2N2O2Si. The van der Waals surface area contributed by atoms with Crippen LogP contribution in [0, 0.1) is 0 Å². The molecule has 0 aromatic carbocycles. The van der Waals surface area contributed by atoms with E-state index >= 15 is 0 Å². The summed E-state index contributed by atoms with van der Waals surface area (Å²) in [5, 5.41) is 0. The van der Waals surface area contributed by atoms with Crippen LogP contribution >= 0.6 is 31.9 Å². The maximum absolute atomic E-state index is 10.8. The molecular weight excluding hydrogens is 368 g/mol. The number of hydrogen-bond acceptors (Lipinski definition) is 3. The molecule has 4 nitrogen and oxygen atoms in total. The van der Waals surface area contributed by atoms with E-state index in [0.717, 1.165) is 23.5 Å². The quantitative estimate of drug-likeness (QED) is 0.428. The van der Waals surface area contributed by atoms with Crippen molar-refractivity contribution in [3.63, 3.8) is 0 Å². The van der Waals surface area contributed by atoms with Gasteiger partial charge in [-0.3, -0.25) is 9.36 Å². The molecule has 96 valence electrons. The van der Waals surface area contributed by atoms with Gasteiger partial charge in [0.25, 0.3) is 0 Å². The predicted octanol–water partition coefficient (Wildman–Crippen LogP) is 3.53. The Morgan fingerprint density at radius 2 is 2.06 bits per heavy atom. The van der Waals surface area contributed by atoms with Crippen LogP contribution in [0.15, 0.2) is 9.21 Å². The third-order valence-electron chi connectivity index (χ3n) is 2.22. The van der Waals surface area contributed by atoms with Crippen LogP contribution in [0.25, 0.3) is 0 Å². The maximum atomic E-state index is 10.8. The molecule has 0 aliphatic heterocycles. The van der Waals surface area contributed by atoms with Crippen LogP contribution in [0.3, 0.4) is 0 Å². The minimum atomic E-state index is -1.07. The number of imidazole rings is 1. The number of halogens is 2. The van der Waals surface area contributed by atoms with Crippen molar-refractivity contribution in [3.8, 4) is 0 Å². The van der Waals surface area contributed by atoms with Crippen molar-refractivity contribution in [1.82, 2.24) is 9.55 Å². The van der Waals surface area contributed by atoms with E-state index in [0.29, 0.717) is 17.2 Å². The molecule has 0 radical (unpaired) electrons. The van der Waals surface area contributed by atoms with E-state index in [4.69, 9.17) is 4.74 Å². The van der Waals surface area contributed by atoms with E-state index in [2.05, 4.69) is 56.5 Å². The Morgan fingerprint density at radius 3 is 2.59 bits per heavy atom. The van der Waals surface area contributed by atoms with Gasteiger partial charge in [0.2, 0.25) is 0 Å². The fourth-order valence-corrected chi connectivity index (χ4v) is 2.69. The third kappa shape index (κ3) is 4.65. The number of nitrogens with zero attached hydrogens (tertiary/aromatic N) is 2. The number of carbonyl (C=O) groups excluding carboxylic acids is 1. The highest BCUT2D eigenvalue weighted by atomic mass is 79.9. The van der Waals surface area contributed by atoms with E-state index in [-0.39, 0.29) is 0 Å². The number of aldehydes is 1. The first kappa shape index (κ1) is 15.1. The lowest BCUT2D eigenvalue weighted by molar-refractivity contribution is 0.0818. The summed E-state index contributed by atoms with van der Waals surface area (Å²) < 4.78 is 8.62. The summed E-state index contributed by atoms with van der Waals surface area (Å²) in [6, 6.07) is 1.11. The molecule has 17 heavy (non-hydrogen) atoms. The van der Waals surface area contributed by atoms with E-state index in [1.807, 2.05) is 0 Å². The second kappa shape index (κ2) is 6.26. The second-order valence-corrected chi connectivity index (χ2v) is 12.1. The summed E-state index contributed by atoms with van der Waals surface area (Å²) in [4.78, 5) is 14.9. The average Bonchev–Trinajstić information content (AvgIpc) is 2.49. The lowest BCUT2D eigenvalue weighted by Gasteiger charge is -2.15. The molecule has 1 rings (SSSR count). The van der Waals surface area contributed by atoms with Gasteiger partial charge in [-0.2, -0.15) is 0 Å². The highest BCUT2D eigenvalue weighted by Gasteiger charge is 2.14. The molecule has 0 spiro atoms. The highest BCUT2D eigenvalue weighted by Crippen LogP contribution is 2.23. The van der Waals surface area contributed by atoms with Crippen molar-refractivity contribution in [2.75, 3.05) is 6.61 Å². The van der Waals surface area contributed by atoms with Crippen molar-refractivity contribution in [3.05, 3.63) is 15.0 Å². The highest BCUT2D eigenvalue weighted by molar-refractivity contribution is 9.13. The van der Waals surface area contributed by atoms with Gasteiger partial charge in [-0.25, -0.2) is 4.98 Å². The first-order chi connectivity index (χ1) is 7.85. The monoisotopic (exact) mass is 382 g/mol. The number of hydrogen-bond donors (Lipinski definition) is 0. The minimum Gasteiger partial charge on any atom is -0.361 e. The average molecular weight is 384 g/mol. The summed E-state index contributed by atoms with van der Waals surface area (Å²) in [5.41, 5.74) is 0. The summed E-state index contributed by atoms with van der Waals surface area (Å²) in [5.74, 6) is 0.358. The predicted molar refractivity (Wildman–Crippen MR) is 77.1 cm³/mol. The molecule has 1 aromatic rings. The van der Waals surface area contributed by atoms with Gasteiger partial charge in [-0.15, -0.1) is 0 Å². The van der Waals surface area contributed by atoms with Crippen LogP contribution < -0.4 is 0 Å². The Bertz CT molecular complexity index is 402. The molecule has 0 aliphatic carbocycles. The summed E-state index contributed by atoms with van der Waals surface area (Å²) >= 11 is 6.62. The van der Waals surface area contributed by atoms with Crippen LogP contribution in [-0.4, -0.2) is 30.5 Å². The fourth-order valence-electron chi connectivity index (χ4n) is 1.17. The lowest BCUT2D eigenvalue weighted by Crippen LogP contribution is -2.22. The van der Waals surface area contributed by atoms with Crippen molar-refractivity contribution in [1.29, 1.82) is 0 Å². The first-order valence-electron chi connectivity index (χ1n) is 5.29. The molecule has 0 unspecified atom stereocenters. The van der Waals surface area contributed by atoms with Gasteiger partial charge < -0.3 is 4.74 Å². The topological polar surface area (TPSA) is 44.1 Å². The standard InChI is InChI=1S/C10H16Br2N2O2Si/c1-17(2,3)5-4-16-7-14-8(6-15)13-9(11)10(14)12/h6H,4-5,7H2,1-3H3. The van der Waals surface area contributed by atoms with Gasteiger partial charge in [0.15, 0.2) is 12.1 Å². The largest absolute Gasteiger partial charge is 0.361 e. The molecule has 0 N–H and O–H groups in total. The normalized spacial score (nSPS) is 11.8. The number of aromatic nitrogens is 2. The Morgan fingerprint density at radius 1 is 1.41 bits per heavy atom. The molecule has 0 aliphatic rings. The fraction of sp³-hybridized carbons (Fsp3) is 0.600. The molecule has 0 atom stereocenters. The number of ether oxygens (including phenoxy) is 1. The second-order valence-electron chi connectivity index (χ2n) is 4.95. The summed E-state index contributed by atoms with van der Waals surface area (Å²) in [7, 11) is -1.07. The Kier molecular flexibility index (Phi) is 5.55. The Labute approximate surface area is 119 Å². The van der Waals surface area contributed by atoms with Crippen LogP contribution in [-0.2, 0) is 11.5 Å². The lowest BCUT2D eigenvalue weighted by atomic mass is 10.7. The van der Waals surface area contributed by atoms with Crippen LogP contribution in [0.4, 0.5) is 0 Å². The zero-order chi connectivity index (χ0) is 13.1. The molecule has 1 aromatic heterocycles. The Hall–Kier alpha value is 0.0169. The smallest absolute Gasteiger partial charge is 0.185 e. The van der Waals surface area contributed by atoms with Gasteiger partial charge >= 0.3 is 0 Å². The minimum absolute atomic E-state index is 0.345. The van der Waals surface area contributed by atoms with E-state index < -0.39 is 8.07 Å². The molecule has 0 saturated carbocycles. The van der Waals surface area contributed by atoms with E-state index in [9.17, 15) is 4.79 Å². The number of rotatable bonds is 6.